The van der Waals surface area contributed by atoms with E-state index >= 15 is 0 Å². The van der Waals surface area contributed by atoms with Crippen molar-refractivity contribution >= 4 is 11.8 Å². The lowest BCUT2D eigenvalue weighted by atomic mass is 9.99. The van der Waals surface area contributed by atoms with Gasteiger partial charge < -0.3 is 15.2 Å². The molecule has 0 amide bonds. The van der Waals surface area contributed by atoms with Crippen molar-refractivity contribution in [3.8, 4) is 5.75 Å². The molecule has 1 aliphatic rings. The second-order valence-electron chi connectivity index (χ2n) is 5.52. The molecule has 0 radical (unpaired) electrons. The van der Waals surface area contributed by atoms with Crippen molar-refractivity contribution in [1.29, 1.82) is 0 Å². The normalized spacial score (nSPS) is 23.8. The fraction of sp³-hybridized carbons (Fsp3) is 0.625. The van der Waals surface area contributed by atoms with Crippen molar-refractivity contribution in [2.75, 3.05) is 25.2 Å². The first kappa shape index (κ1) is 15.7. The minimum absolute atomic E-state index is 0.306. The smallest absolute Gasteiger partial charge is 0.118 e. The van der Waals surface area contributed by atoms with Gasteiger partial charge in [0.15, 0.2) is 0 Å². The molecule has 2 unspecified atom stereocenters. The van der Waals surface area contributed by atoms with Gasteiger partial charge in [-0.25, -0.2) is 0 Å². The number of methoxy groups -OCH3 is 1. The topological polar surface area (TPSA) is 41.5 Å². The van der Waals surface area contributed by atoms with E-state index in [1.165, 1.54) is 5.56 Å². The van der Waals surface area contributed by atoms with Gasteiger partial charge in [0, 0.05) is 18.3 Å². The van der Waals surface area contributed by atoms with Gasteiger partial charge in [0.25, 0.3) is 0 Å². The van der Waals surface area contributed by atoms with Crippen LogP contribution in [-0.2, 0) is 0 Å². The lowest BCUT2D eigenvalue weighted by molar-refractivity contribution is 0.0641. The zero-order chi connectivity index (χ0) is 14.4. The van der Waals surface area contributed by atoms with Crippen molar-refractivity contribution in [3.05, 3.63) is 29.8 Å². The molecular formula is C16H25NO2S. The van der Waals surface area contributed by atoms with Gasteiger partial charge in [-0.15, -0.1) is 0 Å². The third-order valence-corrected chi connectivity index (χ3v) is 5.09. The Labute approximate surface area is 126 Å². The van der Waals surface area contributed by atoms with Crippen LogP contribution in [0.1, 0.15) is 37.8 Å². The minimum atomic E-state index is -0.525. The molecule has 0 aliphatic carbocycles. The monoisotopic (exact) mass is 295 g/mol. The van der Waals surface area contributed by atoms with Gasteiger partial charge in [0.1, 0.15) is 5.75 Å². The quantitative estimate of drug-likeness (QED) is 0.811. The number of ether oxygens (including phenoxy) is 1. The van der Waals surface area contributed by atoms with E-state index < -0.39 is 5.60 Å². The summed E-state index contributed by atoms with van der Waals surface area (Å²) >= 11 is 1.84. The van der Waals surface area contributed by atoms with E-state index in [0.717, 1.165) is 36.5 Å². The van der Waals surface area contributed by atoms with E-state index in [9.17, 15) is 5.11 Å². The van der Waals surface area contributed by atoms with E-state index in [4.69, 9.17) is 4.74 Å². The minimum Gasteiger partial charge on any atom is -0.497 e. The van der Waals surface area contributed by atoms with E-state index in [2.05, 4.69) is 24.4 Å². The summed E-state index contributed by atoms with van der Waals surface area (Å²) in [6, 6.07) is 8.53. The number of hydrogen-bond donors (Lipinski definition) is 2. The fourth-order valence-electron chi connectivity index (χ4n) is 2.56. The summed E-state index contributed by atoms with van der Waals surface area (Å²) in [7, 11) is 1.68. The van der Waals surface area contributed by atoms with Crippen LogP contribution in [0.2, 0.25) is 0 Å². The van der Waals surface area contributed by atoms with Crippen LogP contribution >= 0.6 is 11.8 Å². The van der Waals surface area contributed by atoms with Crippen LogP contribution in [0.5, 0.6) is 5.75 Å². The van der Waals surface area contributed by atoms with E-state index in [1.807, 2.05) is 23.9 Å². The summed E-state index contributed by atoms with van der Waals surface area (Å²) in [4.78, 5) is 0. The van der Waals surface area contributed by atoms with E-state index in [-0.39, 0.29) is 0 Å². The van der Waals surface area contributed by atoms with Gasteiger partial charge in [-0.05, 0) is 36.3 Å². The highest BCUT2D eigenvalue weighted by atomic mass is 32.2. The molecule has 3 nitrogen and oxygen atoms in total. The van der Waals surface area contributed by atoms with Gasteiger partial charge in [-0.2, -0.15) is 11.8 Å². The maximum absolute atomic E-state index is 10.4. The molecule has 0 spiro atoms. The van der Waals surface area contributed by atoms with Crippen LogP contribution in [0.3, 0.4) is 0 Å². The molecule has 20 heavy (non-hydrogen) atoms. The second kappa shape index (κ2) is 7.34. The van der Waals surface area contributed by atoms with Crippen LogP contribution in [-0.4, -0.2) is 35.9 Å². The lowest BCUT2D eigenvalue weighted by Crippen LogP contribution is -2.41. The summed E-state index contributed by atoms with van der Waals surface area (Å²) in [5, 5.41) is 14.0. The van der Waals surface area contributed by atoms with Crippen molar-refractivity contribution in [2.24, 2.45) is 0 Å². The number of rotatable bonds is 7. The number of aliphatic hydroxyl groups is 1. The van der Waals surface area contributed by atoms with Gasteiger partial charge in [-0.1, -0.05) is 25.5 Å². The van der Waals surface area contributed by atoms with Gasteiger partial charge in [-0.3, -0.25) is 0 Å². The molecule has 2 rings (SSSR count). The van der Waals surface area contributed by atoms with Gasteiger partial charge in [0.05, 0.1) is 12.7 Å². The van der Waals surface area contributed by atoms with E-state index in [0.29, 0.717) is 12.6 Å². The van der Waals surface area contributed by atoms with Crippen molar-refractivity contribution in [2.45, 2.75) is 37.8 Å². The maximum atomic E-state index is 10.4. The third-order valence-electron chi connectivity index (χ3n) is 3.86. The standard InChI is InChI=1S/C16H25NO2S/c1-3-4-15(13-5-7-14(19-2)8-6-13)17-11-16(18)9-10-20-12-16/h5-8,15,17-18H,3-4,9-12H2,1-2H3. The number of benzene rings is 1. The SMILES string of the molecule is CCCC(NCC1(O)CCSC1)c1ccc(OC)cc1. The van der Waals surface area contributed by atoms with E-state index in [1.54, 1.807) is 7.11 Å². The number of hydrogen-bond acceptors (Lipinski definition) is 4. The lowest BCUT2D eigenvalue weighted by Gasteiger charge is -2.26. The Morgan fingerprint density at radius 3 is 2.70 bits per heavy atom. The Hall–Kier alpha value is -0.710. The fourth-order valence-corrected chi connectivity index (χ4v) is 3.86. The maximum Gasteiger partial charge on any atom is 0.118 e. The molecule has 0 aromatic heterocycles. The molecular weight excluding hydrogens is 270 g/mol. The van der Waals surface area contributed by atoms with Gasteiger partial charge in [0.2, 0.25) is 0 Å². The van der Waals surface area contributed by atoms with Crippen LogP contribution in [0.15, 0.2) is 24.3 Å². The summed E-state index contributed by atoms with van der Waals surface area (Å²) < 4.78 is 5.20. The van der Waals surface area contributed by atoms with Crippen LogP contribution in [0, 0.1) is 0 Å². The average molecular weight is 295 g/mol. The van der Waals surface area contributed by atoms with Gasteiger partial charge >= 0.3 is 0 Å². The second-order valence-corrected chi connectivity index (χ2v) is 6.63. The molecule has 1 aromatic rings. The first-order chi connectivity index (χ1) is 9.67. The first-order valence-corrected chi connectivity index (χ1v) is 8.50. The highest BCUT2D eigenvalue weighted by Gasteiger charge is 2.32. The Morgan fingerprint density at radius 1 is 1.40 bits per heavy atom. The zero-order valence-corrected chi connectivity index (χ0v) is 13.2. The summed E-state index contributed by atoms with van der Waals surface area (Å²) in [5.41, 5.74) is 0.741. The average Bonchev–Trinajstić information content (AvgIpc) is 2.91. The van der Waals surface area contributed by atoms with Crippen LogP contribution in [0.4, 0.5) is 0 Å². The molecule has 2 atom stereocenters. The summed E-state index contributed by atoms with van der Waals surface area (Å²) in [6.45, 7) is 2.87. The Balaban J connectivity index is 1.98. The largest absolute Gasteiger partial charge is 0.497 e. The molecule has 4 heteroatoms. The molecule has 1 fully saturated rings. The highest BCUT2D eigenvalue weighted by molar-refractivity contribution is 7.99. The van der Waals surface area contributed by atoms with Crippen LogP contribution < -0.4 is 10.1 Å². The first-order valence-electron chi connectivity index (χ1n) is 7.34. The number of thioether (sulfide) groups is 1. The zero-order valence-electron chi connectivity index (χ0n) is 12.4. The Kier molecular flexibility index (Phi) is 5.75. The predicted octanol–water partition coefficient (Wildman–Crippen LogP) is 2.99. The summed E-state index contributed by atoms with van der Waals surface area (Å²) in [5.74, 6) is 2.80. The van der Waals surface area contributed by atoms with Crippen molar-refractivity contribution in [1.82, 2.24) is 5.32 Å². The summed E-state index contributed by atoms with van der Waals surface area (Å²) in [6.07, 6.45) is 3.10. The van der Waals surface area contributed by atoms with Crippen molar-refractivity contribution in [3.63, 3.8) is 0 Å². The molecule has 1 heterocycles. The highest BCUT2D eigenvalue weighted by Crippen LogP contribution is 2.28. The number of nitrogens with one attached hydrogen (secondary N) is 1. The molecule has 2 N–H and O–H groups in total. The predicted molar refractivity (Wildman–Crippen MR) is 85.5 cm³/mol. The molecule has 0 bridgehead atoms. The Bertz CT molecular complexity index is 401. The van der Waals surface area contributed by atoms with Crippen LogP contribution in [0.25, 0.3) is 0 Å². The molecule has 112 valence electrons. The van der Waals surface area contributed by atoms with Crippen molar-refractivity contribution < 1.29 is 9.84 Å². The Morgan fingerprint density at radius 2 is 2.15 bits per heavy atom. The molecule has 1 aromatic carbocycles. The molecule has 1 aliphatic heterocycles. The molecule has 1 saturated heterocycles. The molecule has 0 saturated carbocycles. The third kappa shape index (κ3) is 4.14.